The topological polar surface area (TPSA) is 39.5 Å². The summed E-state index contributed by atoms with van der Waals surface area (Å²) in [6, 6.07) is 8.42. The molecule has 1 unspecified atom stereocenters. The summed E-state index contributed by atoms with van der Waals surface area (Å²) < 4.78 is 13.6. The van der Waals surface area contributed by atoms with Crippen LogP contribution >= 0.6 is 0 Å². The van der Waals surface area contributed by atoms with E-state index >= 15 is 0 Å². The van der Waals surface area contributed by atoms with E-state index in [0.29, 0.717) is 5.92 Å². The van der Waals surface area contributed by atoms with E-state index in [1.165, 1.54) is 5.56 Å². The van der Waals surface area contributed by atoms with Crippen LogP contribution in [-0.4, -0.2) is 41.0 Å². The highest BCUT2D eigenvalue weighted by molar-refractivity contribution is 5.28. The first-order valence-corrected chi connectivity index (χ1v) is 8.64. The van der Waals surface area contributed by atoms with Crippen molar-refractivity contribution in [2.45, 2.75) is 26.5 Å². The van der Waals surface area contributed by atoms with Crippen LogP contribution < -0.4 is 4.74 Å². The Hall–Kier alpha value is -1.85. The fourth-order valence-electron chi connectivity index (χ4n) is 2.91. The Morgan fingerprint density at radius 3 is 3.00 bits per heavy atom. The summed E-state index contributed by atoms with van der Waals surface area (Å²) in [5, 5.41) is 4.25. The Labute approximate surface area is 144 Å². The maximum atomic E-state index is 5.91. The molecular weight excluding hydrogens is 302 g/mol. The molecule has 1 saturated heterocycles. The number of ether oxygens (including phenoxy) is 2. The van der Waals surface area contributed by atoms with Gasteiger partial charge in [-0.3, -0.25) is 9.58 Å². The molecule has 5 nitrogen and oxygen atoms in total. The monoisotopic (exact) mass is 329 g/mol. The van der Waals surface area contributed by atoms with Crippen LogP contribution in [0.3, 0.4) is 0 Å². The molecule has 1 fully saturated rings. The van der Waals surface area contributed by atoms with E-state index in [4.69, 9.17) is 9.47 Å². The first kappa shape index (κ1) is 17.0. The number of aryl methyl sites for hydroxylation is 1. The van der Waals surface area contributed by atoms with Crippen LogP contribution in [0.2, 0.25) is 0 Å². The molecule has 1 aromatic carbocycles. The van der Waals surface area contributed by atoms with Crippen molar-refractivity contribution < 1.29 is 9.47 Å². The lowest BCUT2D eigenvalue weighted by molar-refractivity contribution is -0.0329. The van der Waals surface area contributed by atoms with Crippen LogP contribution in [-0.2, 0) is 18.3 Å². The van der Waals surface area contributed by atoms with Crippen LogP contribution in [0.1, 0.15) is 31.1 Å². The van der Waals surface area contributed by atoms with Crippen molar-refractivity contribution in [1.82, 2.24) is 14.7 Å². The summed E-state index contributed by atoms with van der Waals surface area (Å²) in [6.07, 6.45) is 4.04. The summed E-state index contributed by atoms with van der Waals surface area (Å²) in [5.74, 6) is 1.49. The molecule has 3 rings (SSSR count). The molecule has 0 aliphatic carbocycles. The van der Waals surface area contributed by atoms with Crippen molar-refractivity contribution in [2.75, 3.05) is 26.3 Å². The molecule has 0 radical (unpaired) electrons. The van der Waals surface area contributed by atoms with Crippen molar-refractivity contribution in [3.05, 3.63) is 47.8 Å². The smallest absolute Gasteiger partial charge is 0.119 e. The van der Waals surface area contributed by atoms with Crippen LogP contribution in [0, 0.1) is 5.92 Å². The molecule has 1 aliphatic rings. The van der Waals surface area contributed by atoms with Gasteiger partial charge in [0.25, 0.3) is 0 Å². The van der Waals surface area contributed by atoms with Gasteiger partial charge in [-0.05, 0) is 23.6 Å². The predicted octanol–water partition coefficient (Wildman–Crippen LogP) is 3.03. The van der Waals surface area contributed by atoms with Gasteiger partial charge in [0.2, 0.25) is 0 Å². The molecule has 5 heteroatoms. The normalized spacial score (nSPS) is 18.9. The van der Waals surface area contributed by atoms with Crippen LogP contribution in [0.5, 0.6) is 5.75 Å². The Kier molecular flexibility index (Phi) is 5.53. The maximum absolute atomic E-state index is 5.91. The summed E-state index contributed by atoms with van der Waals surface area (Å²) in [5.41, 5.74) is 2.43. The van der Waals surface area contributed by atoms with Gasteiger partial charge in [0.05, 0.1) is 25.5 Å². The second kappa shape index (κ2) is 7.81. The third-order valence-electron chi connectivity index (χ3n) is 4.14. The Morgan fingerprint density at radius 2 is 2.25 bits per heavy atom. The van der Waals surface area contributed by atoms with Gasteiger partial charge >= 0.3 is 0 Å². The van der Waals surface area contributed by atoms with E-state index in [9.17, 15) is 0 Å². The Morgan fingerprint density at radius 1 is 1.38 bits per heavy atom. The minimum Gasteiger partial charge on any atom is -0.493 e. The minimum absolute atomic E-state index is 0.104. The van der Waals surface area contributed by atoms with Crippen molar-refractivity contribution in [3.63, 3.8) is 0 Å². The lowest BCUT2D eigenvalue weighted by Crippen LogP contribution is -2.37. The third-order valence-corrected chi connectivity index (χ3v) is 4.14. The predicted molar refractivity (Wildman–Crippen MR) is 94.0 cm³/mol. The standard InChI is InChI=1S/C19H27N3O2/c1-15(2)14-24-18-6-4-5-16(9-18)11-22-7-8-23-19(13-22)17-10-20-21(3)12-17/h4-6,9-10,12,15,19H,7-8,11,13-14H2,1-3H3. The SMILES string of the molecule is CC(C)COc1cccc(CN2CCOC(c3cnn(C)c3)C2)c1. The number of hydrogen-bond donors (Lipinski definition) is 0. The molecule has 1 atom stereocenters. The number of hydrogen-bond acceptors (Lipinski definition) is 4. The van der Waals surface area contributed by atoms with Crippen molar-refractivity contribution >= 4 is 0 Å². The second-order valence-electron chi connectivity index (χ2n) is 6.89. The van der Waals surface area contributed by atoms with Gasteiger partial charge < -0.3 is 9.47 Å². The highest BCUT2D eigenvalue weighted by Gasteiger charge is 2.23. The van der Waals surface area contributed by atoms with Gasteiger partial charge in [0.1, 0.15) is 5.75 Å². The maximum Gasteiger partial charge on any atom is 0.119 e. The lowest BCUT2D eigenvalue weighted by Gasteiger charge is -2.32. The number of nitrogens with zero attached hydrogens (tertiary/aromatic N) is 3. The van der Waals surface area contributed by atoms with Gasteiger partial charge in [-0.15, -0.1) is 0 Å². The van der Waals surface area contributed by atoms with Crippen LogP contribution in [0.4, 0.5) is 0 Å². The zero-order chi connectivity index (χ0) is 16.9. The van der Waals surface area contributed by atoms with E-state index in [1.807, 2.05) is 30.2 Å². The minimum atomic E-state index is 0.104. The van der Waals surface area contributed by atoms with Crippen molar-refractivity contribution in [3.8, 4) is 5.75 Å². The van der Waals surface area contributed by atoms with Crippen LogP contribution in [0.25, 0.3) is 0 Å². The Balaban J connectivity index is 1.60. The summed E-state index contributed by atoms with van der Waals surface area (Å²) >= 11 is 0. The molecule has 0 bridgehead atoms. The number of morpholine rings is 1. The zero-order valence-corrected chi connectivity index (χ0v) is 14.8. The highest BCUT2D eigenvalue weighted by atomic mass is 16.5. The average Bonchev–Trinajstić information content (AvgIpc) is 3.00. The summed E-state index contributed by atoms with van der Waals surface area (Å²) in [7, 11) is 1.94. The number of aromatic nitrogens is 2. The molecule has 0 amide bonds. The van der Waals surface area contributed by atoms with Gasteiger partial charge in [-0.1, -0.05) is 26.0 Å². The van der Waals surface area contributed by atoms with Gasteiger partial charge in [-0.2, -0.15) is 5.10 Å². The van der Waals surface area contributed by atoms with E-state index in [-0.39, 0.29) is 6.10 Å². The third kappa shape index (κ3) is 4.58. The molecule has 2 aromatic rings. The summed E-state index contributed by atoms with van der Waals surface area (Å²) in [6.45, 7) is 8.59. The average molecular weight is 329 g/mol. The first-order valence-electron chi connectivity index (χ1n) is 8.64. The quantitative estimate of drug-likeness (QED) is 0.817. The molecule has 2 heterocycles. The second-order valence-corrected chi connectivity index (χ2v) is 6.89. The van der Waals surface area contributed by atoms with Crippen LogP contribution in [0.15, 0.2) is 36.7 Å². The molecule has 130 valence electrons. The molecule has 24 heavy (non-hydrogen) atoms. The molecule has 0 spiro atoms. The Bertz CT molecular complexity index is 654. The first-order chi connectivity index (χ1) is 11.6. The van der Waals surface area contributed by atoms with E-state index in [1.54, 1.807) is 0 Å². The van der Waals surface area contributed by atoms with E-state index in [0.717, 1.165) is 44.2 Å². The molecule has 1 aromatic heterocycles. The number of benzene rings is 1. The van der Waals surface area contributed by atoms with Crippen molar-refractivity contribution in [2.24, 2.45) is 13.0 Å². The van der Waals surface area contributed by atoms with Crippen molar-refractivity contribution in [1.29, 1.82) is 0 Å². The highest BCUT2D eigenvalue weighted by Crippen LogP contribution is 2.23. The van der Waals surface area contributed by atoms with E-state index < -0.39 is 0 Å². The molecular formula is C19H27N3O2. The van der Waals surface area contributed by atoms with E-state index in [2.05, 4.69) is 42.0 Å². The van der Waals surface area contributed by atoms with Gasteiger partial charge in [-0.25, -0.2) is 0 Å². The fourth-order valence-corrected chi connectivity index (χ4v) is 2.91. The molecule has 0 N–H and O–H groups in total. The number of rotatable bonds is 6. The zero-order valence-electron chi connectivity index (χ0n) is 14.8. The lowest BCUT2D eigenvalue weighted by atomic mass is 10.1. The largest absolute Gasteiger partial charge is 0.493 e. The fraction of sp³-hybridized carbons (Fsp3) is 0.526. The summed E-state index contributed by atoms with van der Waals surface area (Å²) in [4.78, 5) is 2.43. The molecule has 0 saturated carbocycles. The van der Waals surface area contributed by atoms with Gasteiger partial charge in [0, 0.05) is 38.4 Å². The molecule has 1 aliphatic heterocycles. The van der Waals surface area contributed by atoms with Gasteiger partial charge in [0.15, 0.2) is 0 Å².